The minimum absolute atomic E-state index is 0.125. The van der Waals surface area contributed by atoms with Gasteiger partial charge in [-0.15, -0.1) is 0 Å². The smallest absolute Gasteiger partial charge is 0.137 e. The second-order valence-corrected chi connectivity index (χ2v) is 5.44. The van der Waals surface area contributed by atoms with Crippen LogP contribution in [0.3, 0.4) is 0 Å². The Morgan fingerprint density at radius 2 is 1.65 bits per heavy atom. The first-order valence-electron chi connectivity index (χ1n) is 6.64. The number of halogens is 1. The molecule has 0 aliphatic heterocycles. The van der Waals surface area contributed by atoms with Crippen molar-refractivity contribution in [3.05, 3.63) is 63.7 Å². The zero-order valence-electron chi connectivity index (χ0n) is 12.3. The highest BCUT2D eigenvalue weighted by Gasteiger charge is 2.14. The molecule has 0 aromatic heterocycles. The Hall–Kier alpha value is -1.51. The molecular formula is C17H20ClNO. The van der Waals surface area contributed by atoms with E-state index < -0.39 is 0 Å². The number of hydrogen-bond acceptors (Lipinski definition) is 2. The van der Waals surface area contributed by atoms with Crippen LogP contribution < -0.4 is 10.1 Å². The molecule has 0 spiro atoms. The summed E-state index contributed by atoms with van der Waals surface area (Å²) in [4.78, 5) is 0. The van der Waals surface area contributed by atoms with Crippen LogP contribution in [0.25, 0.3) is 0 Å². The normalized spacial score (nSPS) is 12.2. The van der Waals surface area contributed by atoms with E-state index >= 15 is 0 Å². The molecule has 1 unspecified atom stereocenters. The van der Waals surface area contributed by atoms with Gasteiger partial charge in [0.25, 0.3) is 0 Å². The van der Waals surface area contributed by atoms with E-state index in [0.717, 1.165) is 5.56 Å². The maximum absolute atomic E-state index is 6.10. The van der Waals surface area contributed by atoms with Crippen molar-refractivity contribution in [2.75, 3.05) is 14.2 Å². The standard InChI is InChI=1S/C17H20ClNO/c1-11-7-12(2)9-14(8-11)17(19-3)13-5-6-15(18)16(10-13)20-4/h5-10,17,19H,1-4H3. The maximum Gasteiger partial charge on any atom is 0.137 e. The van der Waals surface area contributed by atoms with Gasteiger partial charge in [0.15, 0.2) is 0 Å². The Kier molecular flexibility index (Phi) is 4.69. The third kappa shape index (κ3) is 3.14. The van der Waals surface area contributed by atoms with E-state index in [1.54, 1.807) is 7.11 Å². The highest BCUT2D eigenvalue weighted by atomic mass is 35.5. The van der Waals surface area contributed by atoms with Crippen LogP contribution in [0.5, 0.6) is 5.75 Å². The molecule has 2 rings (SSSR count). The molecule has 106 valence electrons. The fourth-order valence-corrected chi connectivity index (χ4v) is 2.75. The van der Waals surface area contributed by atoms with Gasteiger partial charge in [-0.1, -0.05) is 47.0 Å². The Labute approximate surface area is 125 Å². The third-order valence-corrected chi connectivity index (χ3v) is 3.69. The van der Waals surface area contributed by atoms with Gasteiger partial charge >= 0.3 is 0 Å². The highest BCUT2D eigenvalue weighted by Crippen LogP contribution is 2.31. The second-order valence-electron chi connectivity index (χ2n) is 5.04. The van der Waals surface area contributed by atoms with Gasteiger partial charge in [0.2, 0.25) is 0 Å². The summed E-state index contributed by atoms with van der Waals surface area (Å²) in [6, 6.07) is 12.6. The molecule has 0 fully saturated rings. The van der Waals surface area contributed by atoms with Gasteiger partial charge < -0.3 is 10.1 Å². The van der Waals surface area contributed by atoms with Crippen molar-refractivity contribution < 1.29 is 4.74 Å². The van der Waals surface area contributed by atoms with E-state index in [2.05, 4.69) is 37.4 Å². The molecule has 20 heavy (non-hydrogen) atoms. The summed E-state index contributed by atoms with van der Waals surface area (Å²) >= 11 is 6.10. The molecule has 0 aliphatic rings. The molecule has 3 heteroatoms. The van der Waals surface area contributed by atoms with E-state index in [-0.39, 0.29) is 6.04 Å². The van der Waals surface area contributed by atoms with Crippen molar-refractivity contribution in [1.29, 1.82) is 0 Å². The lowest BCUT2D eigenvalue weighted by atomic mass is 9.95. The minimum Gasteiger partial charge on any atom is -0.495 e. The quantitative estimate of drug-likeness (QED) is 0.907. The molecule has 2 aromatic carbocycles. The number of rotatable bonds is 4. The fourth-order valence-electron chi connectivity index (χ4n) is 2.56. The highest BCUT2D eigenvalue weighted by molar-refractivity contribution is 6.32. The van der Waals surface area contributed by atoms with Gasteiger partial charge in [0.1, 0.15) is 5.75 Å². The Morgan fingerprint density at radius 3 is 2.20 bits per heavy atom. The molecule has 0 saturated heterocycles. The Morgan fingerprint density at radius 1 is 1.00 bits per heavy atom. The van der Waals surface area contributed by atoms with Crippen molar-refractivity contribution in [3.63, 3.8) is 0 Å². The topological polar surface area (TPSA) is 21.3 Å². The molecule has 0 saturated carbocycles. The van der Waals surface area contributed by atoms with Crippen LogP contribution in [0.4, 0.5) is 0 Å². The molecule has 1 N–H and O–H groups in total. The lowest BCUT2D eigenvalue weighted by molar-refractivity contribution is 0.414. The van der Waals surface area contributed by atoms with E-state index in [4.69, 9.17) is 16.3 Å². The van der Waals surface area contributed by atoms with E-state index in [9.17, 15) is 0 Å². The molecule has 0 amide bonds. The minimum atomic E-state index is 0.125. The zero-order valence-corrected chi connectivity index (χ0v) is 13.1. The summed E-state index contributed by atoms with van der Waals surface area (Å²) in [6.45, 7) is 4.23. The fraction of sp³-hybridized carbons (Fsp3) is 0.294. The summed E-state index contributed by atoms with van der Waals surface area (Å²) < 4.78 is 5.30. The predicted molar refractivity (Wildman–Crippen MR) is 84.8 cm³/mol. The number of ether oxygens (including phenoxy) is 1. The van der Waals surface area contributed by atoms with Crippen LogP contribution in [0.1, 0.15) is 28.3 Å². The molecule has 0 heterocycles. The molecule has 2 nitrogen and oxygen atoms in total. The predicted octanol–water partition coefficient (Wildman–Crippen LogP) is 4.27. The first kappa shape index (κ1) is 14.9. The summed E-state index contributed by atoms with van der Waals surface area (Å²) in [5, 5.41) is 3.99. The SMILES string of the molecule is CNC(c1cc(C)cc(C)c1)c1ccc(Cl)c(OC)c1. The molecule has 2 aromatic rings. The van der Waals surface area contributed by atoms with E-state index in [1.807, 2.05) is 25.2 Å². The number of benzene rings is 2. The Balaban J connectivity index is 2.46. The molecule has 0 bridgehead atoms. The summed E-state index contributed by atoms with van der Waals surface area (Å²) in [5.41, 5.74) is 4.91. The van der Waals surface area contributed by atoms with Gasteiger partial charge in [0.05, 0.1) is 18.2 Å². The average molecular weight is 290 g/mol. The monoisotopic (exact) mass is 289 g/mol. The van der Waals surface area contributed by atoms with Crippen LogP contribution in [0, 0.1) is 13.8 Å². The van der Waals surface area contributed by atoms with E-state index in [1.165, 1.54) is 16.7 Å². The van der Waals surface area contributed by atoms with Crippen LogP contribution in [-0.4, -0.2) is 14.2 Å². The molecule has 0 aliphatic carbocycles. The van der Waals surface area contributed by atoms with Crippen LogP contribution in [0.2, 0.25) is 5.02 Å². The zero-order chi connectivity index (χ0) is 14.7. The Bertz CT molecular complexity index is 590. The summed E-state index contributed by atoms with van der Waals surface area (Å²) in [5.74, 6) is 0.703. The van der Waals surface area contributed by atoms with Crippen molar-refractivity contribution in [1.82, 2.24) is 5.32 Å². The molecule has 0 radical (unpaired) electrons. The molecular weight excluding hydrogens is 270 g/mol. The summed E-state index contributed by atoms with van der Waals surface area (Å²) in [6.07, 6.45) is 0. The summed E-state index contributed by atoms with van der Waals surface area (Å²) in [7, 11) is 3.60. The molecule has 1 atom stereocenters. The lowest BCUT2D eigenvalue weighted by Gasteiger charge is -2.19. The van der Waals surface area contributed by atoms with Crippen LogP contribution in [-0.2, 0) is 0 Å². The van der Waals surface area contributed by atoms with Crippen molar-refractivity contribution in [3.8, 4) is 5.75 Å². The number of methoxy groups -OCH3 is 1. The van der Waals surface area contributed by atoms with Crippen LogP contribution in [0.15, 0.2) is 36.4 Å². The first-order chi connectivity index (χ1) is 9.55. The van der Waals surface area contributed by atoms with Gasteiger partial charge in [-0.05, 0) is 44.2 Å². The van der Waals surface area contributed by atoms with Crippen molar-refractivity contribution in [2.45, 2.75) is 19.9 Å². The largest absolute Gasteiger partial charge is 0.495 e. The lowest BCUT2D eigenvalue weighted by Crippen LogP contribution is -2.18. The van der Waals surface area contributed by atoms with Crippen LogP contribution >= 0.6 is 11.6 Å². The van der Waals surface area contributed by atoms with Gasteiger partial charge in [0, 0.05) is 0 Å². The number of nitrogens with one attached hydrogen (secondary N) is 1. The number of hydrogen-bond donors (Lipinski definition) is 1. The van der Waals surface area contributed by atoms with Gasteiger partial charge in [-0.3, -0.25) is 0 Å². The van der Waals surface area contributed by atoms with Gasteiger partial charge in [-0.25, -0.2) is 0 Å². The average Bonchev–Trinajstić information content (AvgIpc) is 2.40. The maximum atomic E-state index is 6.10. The first-order valence-corrected chi connectivity index (χ1v) is 7.02. The second kappa shape index (κ2) is 6.29. The van der Waals surface area contributed by atoms with E-state index in [0.29, 0.717) is 10.8 Å². The van der Waals surface area contributed by atoms with Crippen molar-refractivity contribution in [2.24, 2.45) is 0 Å². The van der Waals surface area contributed by atoms with Gasteiger partial charge in [-0.2, -0.15) is 0 Å². The number of aryl methyl sites for hydroxylation is 2. The third-order valence-electron chi connectivity index (χ3n) is 3.37. The van der Waals surface area contributed by atoms with Crippen molar-refractivity contribution >= 4 is 11.6 Å².